The van der Waals surface area contributed by atoms with Crippen LogP contribution in [0, 0.1) is 19.7 Å². The zero-order valence-electron chi connectivity index (χ0n) is 5.98. The molecule has 0 N–H and O–H groups in total. The molecule has 1 nitrogen and oxygen atoms in total. The summed E-state index contributed by atoms with van der Waals surface area (Å²) in [5, 5.41) is 0. The van der Waals surface area contributed by atoms with Gasteiger partial charge in [0.1, 0.15) is 13.7 Å². The van der Waals surface area contributed by atoms with Gasteiger partial charge in [-0.15, -0.1) is 0 Å². The summed E-state index contributed by atoms with van der Waals surface area (Å²) < 4.78 is 12.7. The van der Waals surface area contributed by atoms with E-state index in [-0.39, 0.29) is 5.46 Å². The lowest BCUT2D eigenvalue weighted by Gasteiger charge is -2.00. The highest BCUT2D eigenvalue weighted by molar-refractivity contribution is 6.32. The molecular formula is C7H7BFN. The van der Waals surface area contributed by atoms with E-state index in [4.69, 9.17) is 7.85 Å². The first-order valence-electron chi connectivity index (χ1n) is 3.00. The maximum atomic E-state index is 12.7. The van der Waals surface area contributed by atoms with Gasteiger partial charge >= 0.3 is 0 Å². The van der Waals surface area contributed by atoms with Gasteiger partial charge in [0, 0.05) is 5.69 Å². The number of hydrogen-bond donors (Lipinski definition) is 0. The van der Waals surface area contributed by atoms with Crippen molar-refractivity contribution in [3.8, 4) is 0 Å². The molecule has 0 amide bonds. The summed E-state index contributed by atoms with van der Waals surface area (Å²) in [5.41, 5.74) is 1.28. The van der Waals surface area contributed by atoms with Crippen molar-refractivity contribution >= 4 is 13.3 Å². The summed E-state index contributed by atoms with van der Waals surface area (Å²) >= 11 is 0. The van der Waals surface area contributed by atoms with Gasteiger partial charge in [0.2, 0.25) is 0 Å². The summed E-state index contributed by atoms with van der Waals surface area (Å²) in [6, 6.07) is 1.52. The first-order valence-corrected chi connectivity index (χ1v) is 3.00. The fraction of sp³-hybridized carbons (Fsp3) is 0.286. The quantitative estimate of drug-likeness (QED) is 0.475. The standard InChI is InChI=1S/C7H7BFN/c1-4-3-6(8)7(9)5(2)10-4/h3H,1-2H3. The highest BCUT2D eigenvalue weighted by atomic mass is 19.1. The van der Waals surface area contributed by atoms with Gasteiger partial charge in [-0.25, -0.2) is 4.39 Å². The van der Waals surface area contributed by atoms with E-state index in [0.717, 1.165) is 5.69 Å². The smallest absolute Gasteiger partial charge is 0.137 e. The van der Waals surface area contributed by atoms with Crippen LogP contribution in [0.5, 0.6) is 0 Å². The molecule has 1 aromatic rings. The second kappa shape index (κ2) is 2.41. The van der Waals surface area contributed by atoms with Crippen molar-refractivity contribution in [1.29, 1.82) is 0 Å². The van der Waals surface area contributed by atoms with E-state index < -0.39 is 5.82 Å². The minimum Gasteiger partial charge on any atom is -0.255 e. The summed E-state index contributed by atoms with van der Waals surface area (Å²) in [6.45, 7) is 3.38. The average Bonchev–Trinajstić information content (AvgIpc) is 1.82. The van der Waals surface area contributed by atoms with Crippen molar-refractivity contribution in [2.24, 2.45) is 0 Å². The van der Waals surface area contributed by atoms with Crippen LogP contribution in [0.25, 0.3) is 0 Å². The van der Waals surface area contributed by atoms with Crippen molar-refractivity contribution in [2.45, 2.75) is 13.8 Å². The maximum Gasteiger partial charge on any atom is 0.137 e. The number of nitrogens with zero attached hydrogens (tertiary/aromatic N) is 1. The third-order valence-corrected chi connectivity index (χ3v) is 1.28. The Morgan fingerprint density at radius 3 is 2.60 bits per heavy atom. The van der Waals surface area contributed by atoms with Crippen LogP contribution in [0.1, 0.15) is 11.4 Å². The lowest BCUT2D eigenvalue weighted by atomic mass is 9.95. The number of halogens is 1. The molecule has 1 aromatic heterocycles. The van der Waals surface area contributed by atoms with E-state index in [1.165, 1.54) is 6.07 Å². The maximum absolute atomic E-state index is 12.7. The SMILES string of the molecule is [B]c1cc(C)nc(C)c1F. The molecule has 0 bridgehead atoms. The molecule has 0 spiro atoms. The Bertz CT molecular complexity index is 237. The molecule has 0 aliphatic rings. The second-order valence-electron chi connectivity index (χ2n) is 2.25. The van der Waals surface area contributed by atoms with Crippen molar-refractivity contribution in [3.05, 3.63) is 23.3 Å². The van der Waals surface area contributed by atoms with Crippen LogP contribution in [0.3, 0.4) is 0 Å². The van der Waals surface area contributed by atoms with Gasteiger partial charge in [-0.3, -0.25) is 4.98 Å². The van der Waals surface area contributed by atoms with Gasteiger partial charge in [0.05, 0.1) is 5.69 Å². The van der Waals surface area contributed by atoms with E-state index >= 15 is 0 Å². The monoisotopic (exact) mass is 135 g/mol. The van der Waals surface area contributed by atoms with Gasteiger partial charge in [-0.2, -0.15) is 0 Å². The number of hydrogen-bond acceptors (Lipinski definition) is 1. The fourth-order valence-corrected chi connectivity index (χ4v) is 0.843. The lowest BCUT2D eigenvalue weighted by Crippen LogP contribution is -2.12. The molecule has 50 valence electrons. The third-order valence-electron chi connectivity index (χ3n) is 1.28. The summed E-state index contributed by atoms with van der Waals surface area (Å²) in [7, 11) is 5.31. The van der Waals surface area contributed by atoms with E-state index in [1.807, 2.05) is 0 Å². The Kier molecular flexibility index (Phi) is 1.75. The molecule has 0 aromatic carbocycles. The Hall–Kier alpha value is -0.855. The van der Waals surface area contributed by atoms with E-state index in [0.29, 0.717) is 5.69 Å². The average molecular weight is 135 g/mol. The van der Waals surface area contributed by atoms with Crippen molar-refractivity contribution in [1.82, 2.24) is 4.98 Å². The highest BCUT2D eigenvalue weighted by Gasteiger charge is 2.01. The molecule has 10 heavy (non-hydrogen) atoms. The summed E-state index contributed by atoms with van der Waals surface area (Å²) in [6.07, 6.45) is 0. The Balaban J connectivity index is 3.31. The second-order valence-corrected chi connectivity index (χ2v) is 2.25. The highest BCUT2D eigenvalue weighted by Crippen LogP contribution is 1.99. The molecular weight excluding hydrogens is 128 g/mol. The van der Waals surface area contributed by atoms with Gasteiger partial charge in [-0.1, -0.05) is 5.46 Å². The summed E-state index contributed by atoms with van der Waals surface area (Å²) in [4.78, 5) is 3.88. The van der Waals surface area contributed by atoms with Crippen molar-refractivity contribution in [2.75, 3.05) is 0 Å². The predicted octanol–water partition coefficient (Wildman–Crippen LogP) is 0.631. The zero-order chi connectivity index (χ0) is 7.72. The van der Waals surface area contributed by atoms with Crippen molar-refractivity contribution in [3.63, 3.8) is 0 Å². The van der Waals surface area contributed by atoms with Crippen LogP contribution in [0.15, 0.2) is 6.07 Å². The van der Waals surface area contributed by atoms with Gasteiger partial charge < -0.3 is 0 Å². The molecule has 3 heteroatoms. The molecule has 1 rings (SSSR count). The normalized spacial score (nSPS) is 9.90. The van der Waals surface area contributed by atoms with Gasteiger partial charge in [0.15, 0.2) is 0 Å². The lowest BCUT2D eigenvalue weighted by molar-refractivity contribution is 0.617. The minimum atomic E-state index is -0.411. The number of rotatable bonds is 0. The van der Waals surface area contributed by atoms with Crippen LogP contribution < -0.4 is 5.46 Å². The number of aromatic nitrogens is 1. The number of pyridine rings is 1. The molecule has 2 radical (unpaired) electrons. The minimum absolute atomic E-state index is 0.171. The van der Waals surface area contributed by atoms with Gasteiger partial charge in [0.25, 0.3) is 0 Å². The molecule has 0 aliphatic carbocycles. The van der Waals surface area contributed by atoms with E-state index in [9.17, 15) is 4.39 Å². The van der Waals surface area contributed by atoms with E-state index in [1.54, 1.807) is 13.8 Å². The van der Waals surface area contributed by atoms with Crippen LogP contribution in [0.2, 0.25) is 0 Å². The molecule has 0 fully saturated rings. The van der Waals surface area contributed by atoms with Gasteiger partial charge in [-0.05, 0) is 19.9 Å². The molecule has 0 saturated carbocycles. The fourth-order valence-electron chi connectivity index (χ4n) is 0.843. The van der Waals surface area contributed by atoms with Crippen LogP contribution in [-0.2, 0) is 0 Å². The molecule has 1 heterocycles. The first-order chi connectivity index (χ1) is 4.61. The molecule has 0 unspecified atom stereocenters. The van der Waals surface area contributed by atoms with E-state index in [2.05, 4.69) is 4.98 Å². The van der Waals surface area contributed by atoms with Crippen LogP contribution >= 0.6 is 0 Å². The Morgan fingerprint density at radius 1 is 1.50 bits per heavy atom. The summed E-state index contributed by atoms with van der Waals surface area (Å²) in [5.74, 6) is -0.411. The van der Waals surface area contributed by atoms with Crippen molar-refractivity contribution < 1.29 is 4.39 Å². The predicted molar refractivity (Wildman–Crippen MR) is 39.1 cm³/mol. The zero-order valence-corrected chi connectivity index (χ0v) is 5.98. The Labute approximate surface area is 60.7 Å². The van der Waals surface area contributed by atoms with Crippen LogP contribution in [-0.4, -0.2) is 12.8 Å². The number of aryl methyl sites for hydroxylation is 2. The third kappa shape index (κ3) is 1.18. The Morgan fingerprint density at radius 2 is 2.10 bits per heavy atom. The molecule has 0 saturated heterocycles. The molecule has 0 atom stereocenters. The largest absolute Gasteiger partial charge is 0.255 e. The first kappa shape index (κ1) is 7.25. The molecule has 0 aliphatic heterocycles. The topological polar surface area (TPSA) is 12.9 Å². The van der Waals surface area contributed by atoms with Crippen LogP contribution in [0.4, 0.5) is 4.39 Å².